The Morgan fingerprint density at radius 3 is 2.41 bits per heavy atom. The first-order valence-electron chi connectivity index (χ1n) is 7.61. The lowest BCUT2D eigenvalue weighted by atomic mass is 9.73. The van der Waals surface area contributed by atoms with Crippen LogP contribution < -0.4 is 5.73 Å². The summed E-state index contributed by atoms with van der Waals surface area (Å²) in [7, 11) is 0. The summed E-state index contributed by atoms with van der Waals surface area (Å²) >= 11 is 0. The highest BCUT2D eigenvalue weighted by Gasteiger charge is 2.34. The Kier molecular flexibility index (Phi) is 4.48. The summed E-state index contributed by atoms with van der Waals surface area (Å²) in [5.74, 6) is 2.50. The van der Waals surface area contributed by atoms with Gasteiger partial charge in [0.2, 0.25) is 0 Å². The fourth-order valence-corrected chi connectivity index (χ4v) is 3.42. The molecule has 2 saturated carbocycles. The van der Waals surface area contributed by atoms with Crippen molar-refractivity contribution in [2.45, 2.75) is 65.0 Å². The van der Waals surface area contributed by atoms with Crippen LogP contribution in [-0.2, 0) is 0 Å². The minimum Gasteiger partial charge on any atom is -0.327 e. The lowest BCUT2D eigenvalue weighted by molar-refractivity contribution is 0.135. The lowest BCUT2D eigenvalue weighted by Gasteiger charge is -2.38. The van der Waals surface area contributed by atoms with Crippen LogP contribution in [0.15, 0.2) is 0 Å². The molecule has 100 valence electrons. The third kappa shape index (κ3) is 3.45. The third-order valence-corrected chi connectivity index (χ3v) is 4.96. The first kappa shape index (κ1) is 13.4. The molecule has 2 nitrogen and oxygen atoms in total. The maximum atomic E-state index is 6.34. The van der Waals surface area contributed by atoms with Gasteiger partial charge in [0, 0.05) is 18.6 Å². The molecule has 2 rings (SSSR count). The number of rotatable bonds is 5. The molecule has 0 spiro atoms. The van der Waals surface area contributed by atoms with E-state index >= 15 is 0 Å². The second kappa shape index (κ2) is 5.71. The monoisotopic (exact) mass is 238 g/mol. The fraction of sp³-hybridized carbons (Fsp3) is 1.00. The van der Waals surface area contributed by atoms with E-state index in [1.165, 1.54) is 45.2 Å². The second-order valence-electron chi connectivity index (χ2n) is 6.56. The van der Waals surface area contributed by atoms with Crippen molar-refractivity contribution in [2.75, 3.05) is 13.1 Å². The Balaban J connectivity index is 1.88. The Morgan fingerprint density at radius 2 is 1.88 bits per heavy atom. The largest absolute Gasteiger partial charge is 0.327 e. The molecule has 0 aromatic heterocycles. The lowest BCUT2D eigenvalue weighted by Crippen LogP contribution is -2.44. The first-order valence-corrected chi connectivity index (χ1v) is 7.61. The molecular weight excluding hydrogens is 208 g/mol. The van der Waals surface area contributed by atoms with Gasteiger partial charge in [0.25, 0.3) is 0 Å². The van der Waals surface area contributed by atoms with Crippen molar-refractivity contribution in [3.8, 4) is 0 Å². The van der Waals surface area contributed by atoms with Gasteiger partial charge >= 0.3 is 0 Å². The summed E-state index contributed by atoms with van der Waals surface area (Å²) in [6, 6.07) is 1.35. The molecule has 0 bridgehead atoms. The first-order chi connectivity index (χ1) is 8.11. The molecule has 2 N–H and O–H groups in total. The molecule has 0 radical (unpaired) electrons. The van der Waals surface area contributed by atoms with Crippen molar-refractivity contribution in [3.63, 3.8) is 0 Å². The zero-order valence-electron chi connectivity index (χ0n) is 11.9. The van der Waals surface area contributed by atoms with Gasteiger partial charge in [-0.2, -0.15) is 0 Å². The van der Waals surface area contributed by atoms with E-state index in [1.54, 1.807) is 0 Å². The average Bonchev–Trinajstić information content (AvgIpc) is 3.11. The predicted molar refractivity (Wildman–Crippen MR) is 73.9 cm³/mol. The maximum Gasteiger partial charge on any atom is 0.00964 e. The van der Waals surface area contributed by atoms with Crippen LogP contribution in [0.2, 0.25) is 0 Å². The van der Waals surface area contributed by atoms with Gasteiger partial charge in [0.15, 0.2) is 0 Å². The zero-order valence-corrected chi connectivity index (χ0v) is 11.9. The standard InChI is InChI=1S/C15H30N2/c1-4-17(14-6-7-14)10-13-9-12(11(2)3)5-8-15(13)16/h11-15H,4-10,16H2,1-3H3. The van der Waals surface area contributed by atoms with E-state index in [4.69, 9.17) is 5.73 Å². The van der Waals surface area contributed by atoms with Crippen molar-refractivity contribution >= 4 is 0 Å². The number of hydrogen-bond acceptors (Lipinski definition) is 2. The minimum atomic E-state index is 0.456. The van der Waals surface area contributed by atoms with Crippen molar-refractivity contribution in [1.82, 2.24) is 4.90 Å². The van der Waals surface area contributed by atoms with Gasteiger partial charge in [-0.05, 0) is 56.4 Å². The SMILES string of the molecule is CCN(CC1CC(C(C)C)CCC1N)C1CC1. The minimum absolute atomic E-state index is 0.456. The van der Waals surface area contributed by atoms with Gasteiger partial charge in [0.1, 0.15) is 0 Å². The molecule has 2 heteroatoms. The fourth-order valence-electron chi connectivity index (χ4n) is 3.42. The molecule has 3 atom stereocenters. The van der Waals surface area contributed by atoms with E-state index in [-0.39, 0.29) is 0 Å². The number of nitrogens with two attached hydrogens (primary N) is 1. The van der Waals surface area contributed by atoms with Crippen LogP contribution in [-0.4, -0.2) is 30.1 Å². The zero-order chi connectivity index (χ0) is 12.4. The highest BCUT2D eigenvalue weighted by atomic mass is 15.2. The number of hydrogen-bond donors (Lipinski definition) is 1. The van der Waals surface area contributed by atoms with Gasteiger partial charge in [-0.1, -0.05) is 20.8 Å². The van der Waals surface area contributed by atoms with Crippen molar-refractivity contribution < 1.29 is 0 Å². The van der Waals surface area contributed by atoms with Crippen LogP contribution in [0.1, 0.15) is 52.9 Å². The summed E-state index contributed by atoms with van der Waals surface area (Å²) < 4.78 is 0. The van der Waals surface area contributed by atoms with Crippen LogP contribution in [0.5, 0.6) is 0 Å². The summed E-state index contributed by atoms with van der Waals surface area (Å²) in [5, 5.41) is 0. The quantitative estimate of drug-likeness (QED) is 0.798. The molecule has 2 fully saturated rings. The highest BCUT2D eigenvalue weighted by molar-refractivity contribution is 4.90. The predicted octanol–water partition coefficient (Wildman–Crippen LogP) is 2.87. The maximum absolute atomic E-state index is 6.34. The molecular formula is C15H30N2. The van der Waals surface area contributed by atoms with Gasteiger partial charge in [0.05, 0.1) is 0 Å². The molecule has 0 aromatic rings. The van der Waals surface area contributed by atoms with Gasteiger partial charge in [-0.3, -0.25) is 0 Å². The molecule has 2 aliphatic rings. The van der Waals surface area contributed by atoms with Crippen molar-refractivity contribution in [2.24, 2.45) is 23.5 Å². The summed E-state index contributed by atoms with van der Waals surface area (Å²) in [6.45, 7) is 9.51. The van der Waals surface area contributed by atoms with E-state index in [2.05, 4.69) is 25.7 Å². The highest BCUT2D eigenvalue weighted by Crippen LogP contribution is 2.35. The Bertz CT molecular complexity index is 235. The molecule has 2 aliphatic carbocycles. The molecule has 0 aliphatic heterocycles. The topological polar surface area (TPSA) is 29.3 Å². The van der Waals surface area contributed by atoms with Crippen molar-refractivity contribution in [1.29, 1.82) is 0 Å². The van der Waals surface area contributed by atoms with Crippen LogP contribution >= 0.6 is 0 Å². The average molecular weight is 238 g/mol. The summed E-state index contributed by atoms with van der Waals surface area (Å²) in [5.41, 5.74) is 6.34. The van der Waals surface area contributed by atoms with E-state index in [1.807, 2.05) is 0 Å². The smallest absolute Gasteiger partial charge is 0.00964 e. The second-order valence-corrected chi connectivity index (χ2v) is 6.56. The van der Waals surface area contributed by atoms with Crippen LogP contribution in [0, 0.1) is 17.8 Å². The van der Waals surface area contributed by atoms with Crippen molar-refractivity contribution in [3.05, 3.63) is 0 Å². The van der Waals surface area contributed by atoms with Gasteiger partial charge in [-0.15, -0.1) is 0 Å². The molecule has 17 heavy (non-hydrogen) atoms. The van der Waals surface area contributed by atoms with E-state index in [0.29, 0.717) is 6.04 Å². The van der Waals surface area contributed by atoms with E-state index < -0.39 is 0 Å². The molecule has 0 amide bonds. The molecule has 0 saturated heterocycles. The van der Waals surface area contributed by atoms with Crippen LogP contribution in [0.4, 0.5) is 0 Å². The van der Waals surface area contributed by atoms with Crippen LogP contribution in [0.25, 0.3) is 0 Å². The van der Waals surface area contributed by atoms with Gasteiger partial charge < -0.3 is 10.6 Å². The Labute approximate surface area is 107 Å². The van der Waals surface area contributed by atoms with E-state index in [0.717, 1.165) is 23.8 Å². The normalized spacial score (nSPS) is 34.6. The Morgan fingerprint density at radius 1 is 1.18 bits per heavy atom. The summed E-state index contributed by atoms with van der Waals surface area (Å²) in [4.78, 5) is 2.67. The summed E-state index contributed by atoms with van der Waals surface area (Å²) in [6.07, 6.45) is 6.80. The van der Waals surface area contributed by atoms with Crippen LogP contribution in [0.3, 0.4) is 0 Å². The Hall–Kier alpha value is -0.0800. The molecule has 0 aromatic carbocycles. The molecule has 3 unspecified atom stereocenters. The third-order valence-electron chi connectivity index (χ3n) is 4.96. The van der Waals surface area contributed by atoms with Gasteiger partial charge in [-0.25, -0.2) is 0 Å². The number of nitrogens with zero attached hydrogens (tertiary/aromatic N) is 1. The molecule has 0 heterocycles. The van der Waals surface area contributed by atoms with E-state index in [9.17, 15) is 0 Å².